The Kier molecular flexibility index (Phi) is 5.46. The standard InChI is InChI=1S/C17H23N3O4.ClH/c21-13(8-12-9-24-6-4-18-12)19-3-5-20-16(22)14-10-1-2-11(7-10)15(14)17(20)23;/h1-2,10-12,14-15,18H,3-9H2,(H,19,21);1H. The lowest BCUT2D eigenvalue weighted by Gasteiger charge is -2.23. The minimum absolute atomic E-state index is 0. The number of rotatable bonds is 5. The summed E-state index contributed by atoms with van der Waals surface area (Å²) in [6, 6.07) is 0.0369. The van der Waals surface area contributed by atoms with Gasteiger partial charge < -0.3 is 15.4 Å². The highest BCUT2D eigenvalue weighted by atomic mass is 35.5. The number of ether oxygens (including phenoxy) is 1. The number of carbonyl (C=O) groups is 3. The van der Waals surface area contributed by atoms with Crippen molar-refractivity contribution in [2.24, 2.45) is 23.7 Å². The fraction of sp³-hybridized carbons (Fsp3) is 0.706. The molecule has 0 radical (unpaired) electrons. The number of halogens is 1. The molecule has 0 aromatic heterocycles. The third-order valence-electron chi connectivity index (χ3n) is 5.65. The third-order valence-corrected chi connectivity index (χ3v) is 5.65. The summed E-state index contributed by atoms with van der Waals surface area (Å²) in [7, 11) is 0. The van der Waals surface area contributed by atoms with Crippen molar-refractivity contribution in [1.29, 1.82) is 0 Å². The van der Waals surface area contributed by atoms with Crippen LogP contribution in [0.1, 0.15) is 12.8 Å². The molecule has 4 rings (SSSR count). The number of nitrogens with one attached hydrogen (secondary N) is 2. The second-order valence-electron chi connectivity index (χ2n) is 7.11. The topological polar surface area (TPSA) is 87.7 Å². The van der Waals surface area contributed by atoms with Gasteiger partial charge >= 0.3 is 0 Å². The number of hydrogen-bond donors (Lipinski definition) is 2. The molecule has 2 aliphatic carbocycles. The maximum atomic E-state index is 12.5. The Balaban J connectivity index is 0.00000182. The predicted octanol–water partition coefficient (Wildman–Crippen LogP) is -0.290. The lowest BCUT2D eigenvalue weighted by molar-refractivity contribution is -0.141. The smallest absolute Gasteiger partial charge is 0.233 e. The van der Waals surface area contributed by atoms with E-state index in [9.17, 15) is 14.4 Å². The van der Waals surface area contributed by atoms with E-state index in [-0.39, 0.29) is 66.4 Å². The van der Waals surface area contributed by atoms with E-state index < -0.39 is 0 Å². The van der Waals surface area contributed by atoms with Crippen LogP contribution >= 0.6 is 12.4 Å². The van der Waals surface area contributed by atoms with Crippen molar-refractivity contribution in [3.8, 4) is 0 Å². The Morgan fingerprint density at radius 3 is 2.52 bits per heavy atom. The van der Waals surface area contributed by atoms with Crippen LogP contribution in [0.4, 0.5) is 0 Å². The van der Waals surface area contributed by atoms with Gasteiger partial charge in [-0.2, -0.15) is 0 Å². The van der Waals surface area contributed by atoms with Crippen molar-refractivity contribution in [2.45, 2.75) is 18.9 Å². The molecular weight excluding hydrogens is 346 g/mol. The highest BCUT2D eigenvalue weighted by Crippen LogP contribution is 2.52. The summed E-state index contributed by atoms with van der Waals surface area (Å²) in [4.78, 5) is 38.3. The van der Waals surface area contributed by atoms with E-state index in [1.165, 1.54) is 4.90 Å². The fourth-order valence-electron chi connectivity index (χ4n) is 4.54. The Morgan fingerprint density at radius 2 is 1.92 bits per heavy atom. The maximum absolute atomic E-state index is 12.5. The van der Waals surface area contributed by atoms with Gasteiger partial charge in [-0.15, -0.1) is 12.4 Å². The molecule has 5 atom stereocenters. The first-order chi connectivity index (χ1) is 11.6. The van der Waals surface area contributed by atoms with Crippen molar-refractivity contribution in [3.05, 3.63) is 12.2 Å². The van der Waals surface area contributed by atoms with Gasteiger partial charge in [-0.1, -0.05) is 12.2 Å². The quantitative estimate of drug-likeness (QED) is 0.513. The van der Waals surface area contributed by atoms with E-state index in [4.69, 9.17) is 4.74 Å². The number of amides is 3. The molecule has 138 valence electrons. The molecule has 25 heavy (non-hydrogen) atoms. The first kappa shape index (κ1) is 18.4. The summed E-state index contributed by atoms with van der Waals surface area (Å²) in [6.07, 6.45) is 5.46. The summed E-state index contributed by atoms with van der Waals surface area (Å²) < 4.78 is 5.32. The molecule has 2 saturated heterocycles. The summed E-state index contributed by atoms with van der Waals surface area (Å²) in [5.41, 5.74) is 0. The Labute approximate surface area is 152 Å². The van der Waals surface area contributed by atoms with Crippen molar-refractivity contribution < 1.29 is 19.1 Å². The van der Waals surface area contributed by atoms with Crippen LogP contribution in [0.5, 0.6) is 0 Å². The number of carbonyl (C=O) groups excluding carboxylic acids is 3. The third kappa shape index (κ3) is 3.32. The van der Waals surface area contributed by atoms with Crippen LogP contribution in [0.25, 0.3) is 0 Å². The number of hydrogen-bond acceptors (Lipinski definition) is 5. The second-order valence-corrected chi connectivity index (χ2v) is 7.11. The maximum Gasteiger partial charge on any atom is 0.233 e. The number of morpholine rings is 1. The summed E-state index contributed by atoms with van der Waals surface area (Å²) in [5.74, 6) is -0.0590. The first-order valence-electron chi connectivity index (χ1n) is 8.76. The van der Waals surface area contributed by atoms with Gasteiger partial charge in [0.05, 0.1) is 25.0 Å². The molecule has 1 saturated carbocycles. The molecule has 0 aromatic carbocycles. The summed E-state index contributed by atoms with van der Waals surface area (Å²) >= 11 is 0. The monoisotopic (exact) mass is 369 g/mol. The van der Waals surface area contributed by atoms with Crippen LogP contribution in [0.2, 0.25) is 0 Å². The molecule has 7 nitrogen and oxygen atoms in total. The van der Waals surface area contributed by atoms with Crippen molar-refractivity contribution in [2.75, 3.05) is 32.8 Å². The molecule has 8 heteroatoms. The van der Waals surface area contributed by atoms with Crippen LogP contribution in [0, 0.1) is 23.7 Å². The number of allylic oxidation sites excluding steroid dienone is 2. The summed E-state index contributed by atoms with van der Waals surface area (Å²) in [5, 5.41) is 6.03. The van der Waals surface area contributed by atoms with E-state index in [2.05, 4.69) is 22.8 Å². The van der Waals surface area contributed by atoms with Gasteiger partial charge in [-0.25, -0.2) is 0 Å². The van der Waals surface area contributed by atoms with Crippen LogP contribution in [0.15, 0.2) is 12.2 Å². The van der Waals surface area contributed by atoms with Crippen LogP contribution in [-0.2, 0) is 19.1 Å². The minimum Gasteiger partial charge on any atom is -0.378 e. The van der Waals surface area contributed by atoms with Gasteiger partial charge in [0.1, 0.15) is 0 Å². The van der Waals surface area contributed by atoms with Crippen molar-refractivity contribution >= 4 is 30.1 Å². The highest BCUT2D eigenvalue weighted by Gasteiger charge is 2.58. The lowest BCUT2D eigenvalue weighted by Crippen LogP contribution is -2.45. The lowest BCUT2D eigenvalue weighted by atomic mass is 9.85. The molecule has 0 aromatic rings. The van der Waals surface area contributed by atoms with Crippen molar-refractivity contribution in [1.82, 2.24) is 15.5 Å². The molecule has 2 heterocycles. The molecule has 2 aliphatic heterocycles. The molecule has 2 bridgehead atoms. The van der Waals surface area contributed by atoms with E-state index in [0.29, 0.717) is 26.2 Å². The van der Waals surface area contributed by atoms with E-state index in [1.54, 1.807) is 0 Å². The molecule has 2 N–H and O–H groups in total. The molecule has 0 spiro atoms. The van der Waals surface area contributed by atoms with E-state index >= 15 is 0 Å². The Morgan fingerprint density at radius 1 is 1.24 bits per heavy atom. The van der Waals surface area contributed by atoms with Gasteiger partial charge in [0, 0.05) is 32.1 Å². The Bertz CT molecular complexity index is 560. The predicted molar refractivity (Wildman–Crippen MR) is 91.9 cm³/mol. The first-order valence-corrected chi connectivity index (χ1v) is 8.76. The molecule has 4 aliphatic rings. The average Bonchev–Trinajstić information content (AvgIpc) is 3.25. The van der Waals surface area contributed by atoms with Gasteiger partial charge in [-0.3, -0.25) is 19.3 Å². The average molecular weight is 370 g/mol. The van der Waals surface area contributed by atoms with Crippen LogP contribution < -0.4 is 10.6 Å². The molecule has 3 fully saturated rings. The zero-order chi connectivity index (χ0) is 16.7. The minimum atomic E-state index is -0.160. The van der Waals surface area contributed by atoms with Gasteiger partial charge in [0.2, 0.25) is 17.7 Å². The largest absolute Gasteiger partial charge is 0.378 e. The van der Waals surface area contributed by atoms with E-state index in [1.807, 2.05) is 0 Å². The highest BCUT2D eigenvalue weighted by molar-refractivity contribution is 6.06. The van der Waals surface area contributed by atoms with Crippen LogP contribution in [-0.4, -0.2) is 61.5 Å². The van der Waals surface area contributed by atoms with Gasteiger partial charge in [0.25, 0.3) is 0 Å². The SMILES string of the molecule is Cl.O=C(CC1COCCN1)NCCN1C(=O)C2C3C=CC(C3)C2C1=O. The number of likely N-dealkylation sites (tertiary alicyclic amines) is 1. The number of nitrogens with zero attached hydrogens (tertiary/aromatic N) is 1. The fourth-order valence-corrected chi connectivity index (χ4v) is 4.54. The van der Waals surface area contributed by atoms with Crippen molar-refractivity contribution in [3.63, 3.8) is 0 Å². The second kappa shape index (κ2) is 7.43. The zero-order valence-corrected chi connectivity index (χ0v) is 14.8. The zero-order valence-electron chi connectivity index (χ0n) is 14.0. The Hall–Kier alpha value is -1.44. The van der Waals surface area contributed by atoms with E-state index in [0.717, 1.165) is 13.0 Å². The molecule has 5 unspecified atom stereocenters. The normalized spacial score (nSPS) is 35.7. The molecule has 3 amide bonds. The number of fused-ring (bicyclic) bond motifs is 5. The molecular formula is C17H24ClN3O4. The summed E-state index contributed by atoms with van der Waals surface area (Å²) in [6.45, 7) is 2.55. The number of imide groups is 1. The van der Waals surface area contributed by atoms with Crippen LogP contribution in [0.3, 0.4) is 0 Å². The van der Waals surface area contributed by atoms with Gasteiger partial charge in [-0.05, 0) is 18.3 Å². The van der Waals surface area contributed by atoms with Gasteiger partial charge in [0.15, 0.2) is 0 Å².